The first-order valence-corrected chi connectivity index (χ1v) is 7.34. The molecule has 3 rings (SSSR count). The summed E-state index contributed by atoms with van der Waals surface area (Å²) in [6, 6.07) is 12.8. The first-order chi connectivity index (χ1) is 10.6. The average Bonchev–Trinajstić information content (AvgIpc) is 3.04. The van der Waals surface area contributed by atoms with E-state index < -0.39 is 0 Å². The van der Waals surface area contributed by atoms with Crippen LogP contribution in [0, 0.1) is 6.92 Å². The van der Waals surface area contributed by atoms with Crippen LogP contribution in [0.25, 0.3) is 5.69 Å². The molecule has 0 saturated carbocycles. The minimum atomic E-state index is -0.163. The molecule has 0 unspecified atom stereocenters. The molecule has 1 N–H and O–H groups in total. The van der Waals surface area contributed by atoms with E-state index in [1.165, 1.54) is 6.33 Å². The standard InChI is InChI=1S/C15H12BrN5O/c1-10-13(3-2-4-14(10)21-9-17-19-20-21)18-15(22)11-5-7-12(16)8-6-11/h2-9H,1H3,(H,18,22). The maximum atomic E-state index is 12.3. The van der Waals surface area contributed by atoms with Crippen molar-refractivity contribution in [2.75, 3.05) is 5.32 Å². The summed E-state index contributed by atoms with van der Waals surface area (Å²) in [6.07, 6.45) is 1.52. The highest BCUT2D eigenvalue weighted by molar-refractivity contribution is 9.10. The number of hydrogen-bond donors (Lipinski definition) is 1. The number of tetrazole rings is 1. The molecule has 2 aromatic carbocycles. The summed E-state index contributed by atoms with van der Waals surface area (Å²) in [5.41, 5.74) is 3.02. The van der Waals surface area contributed by atoms with Crippen molar-refractivity contribution in [1.82, 2.24) is 20.2 Å². The average molecular weight is 358 g/mol. The molecule has 0 atom stereocenters. The van der Waals surface area contributed by atoms with Crippen molar-refractivity contribution in [2.24, 2.45) is 0 Å². The van der Waals surface area contributed by atoms with Gasteiger partial charge in [-0.2, -0.15) is 0 Å². The van der Waals surface area contributed by atoms with Gasteiger partial charge in [-0.1, -0.05) is 22.0 Å². The van der Waals surface area contributed by atoms with Gasteiger partial charge in [-0.25, -0.2) is 4.68 Å². The van der Waals surface area contributed by atoms with Crippen LogP contribution < -0.4 is 5.32 Å². The van der Waals surface area contributed by atoms with E-state index in [0.717, 1.165) is 21.4 Å². The highest BCUT2D eigenvalue weighted by atomic mass is 79.9. The topological polar surface area (TPSA) is 72.7 Å². The molecule has 6 nitrogen and oxygen atoms in total. The van der Waals surface area contributed by atoms with Crippen LogP contribution in [0.1, 0.15) is 15.9 Å². The fraction of sp³-hybridized carbons (Fsp3) is 0.0667. The zero-order chi connectivity index (χ0) is 15.5. The Bertz CT molecular complexity index is 799. The number of nitrogens with zero attached hydrogens (tertiary/aromatic N) is 4. The predicted molar refractivity (Wildman–Crippen MR) is 86.0 cm³/mol. The first kappa shape index (κ1) is 14.4. The van der Waals surface area contributed by atoms with Crippen LogP contribution in [0.15, 0.2) is 53.3 Å². The van der Waals surface area contributed by atoms with Gasteiger partial charge in [-0.15, -0.1) is 5.10 Å². The molecule has 0 bridgehead atoms. The van der Waals surface area contributed by atoms with Gasteiger partial charge in [0.2, 0.25) is 0 Å². The van der Waals surface area contributed by atoms with Gasteiger partial charge < -0.3 is 5.32 Å². The third kappa shape index (κ3) is 2.89. The molecule has 22 heavy (non-hydrogen) atoms. The molecule has 0 radical (unpaired) electrons. The second-order valence-electron chi connectivity index (χ2n) is 4.67. The van der Waals surface area contributed by atoms with Gasteiger partial charge in [0.15, 0.2) is 0 Å². The predicted octanol–water partition coefficient (Wildman–Crippen LogP) is 2.99. The normalized spacial score (nSPS) is 10.5. The quantitative estimate of drug-likeness (QED) is 0.781. The number of carbonyl (C=O) groups excluding carboxylic acids is 1. The van der Waals surface area contributed by atoms with Crippen LogP contribution >= 0.6 is 15.9 Å². The van der Waals surface area contributed by atoms with Crippen LogP contribution in [0.4, 0.5) is 5.69 Å². The van der Waals surface area contributed by atoms with E-state index in [2.05, 4.69) is 36.8 Å². The van der Waals surface area contributed by atoms with Crippen molar-refractivity contribution in [1.29, 1.82) is 0 Å². The maximum Gasteiger partial charge on any atom is 0.255 e. The van der Waals surface area contributed by atoms with Crippen molar-refractivity contribution < 1.29 is 4.79 Å². The summed E-state index contributed by atoms with van der Waals surface area (Å²) in [5, 5.41) is 14.0. The van der Waals surface area contributed by atoms with Crippen LogP contribution in [-0.2, 0) is 0 Å². The number of rotatable bonds is 3. The Kier molecular flexibility index (Phi) is 3.97. The second-order valence-corrected chi connectivity index (χ2v) is 5.58. The Hall–Kier alpha value is -2.54. The summed E-state index contributed by atoms with van der Waals surface area (Å²) in [7, 11) is 0. The molecule has 1 aromatic heterocycles. The monoisotopic (exact) mass is 357 g/mol. The molecule has 0 aliphatic carbocycles. The van der Waals surface area contributed by atoms with Crippen LogP contribution in [0.2, 0.25) is 0 Å². The largest absolute Gasteiger partial charge is 0.322 e. The van der Waals surface area contributed by atoms with Gasteiger partial charge >= 0.3 is 0 Å². The van der Waals surface area contributed by atoms with E-state index in [1.54, 1.807) is 16.8 Å². The van der Waals surface area contributed by atoms with Crippen LogP contribution in [-0.4, -0.2) is 26.1 Å². The van der Waals surface area contributed by atoms with Gasteiger partial charge in [-0.3, -0.25) is 4.79 Å². The van der Waals surface area contributed by atoms with E-state index in [1.807, 2.05) is 37.3 Å². The van der Waals surface area contributed by atoms with Gasteiger partial charge in [0.25, 0.3) is 5.91 Å². The summed E-state index contributed by atoms with van der Waals surface area (Å²) in [5.74, 6) is -0.163. The fourth-order valence-corrected chi connectivity index (χ4v) is 2.34. The molecule has 110 valence electrons. The third-order valence-electron chi connectivity index (χ3n) is 3.26. The minimum Gasteiger partial charge on any atom is -0.322 e. The molecular formula is C15H12BrN5O. The molecular weight excluding hydrogens is 346 g/mol. The molecule has 7 heteroatoms. The van der Waals surface area contributed by atoms with Gasteiger partial charge in [0.1, 0.15) is 6.33 Å². The highest BCUT2D eigenvalue weighted by Crippen LogP contribution is 2.22. The summed E-state index contributed by atoms with van der Waals surface area (Å²) in [4.78, 5) is 12.3. The first-order valence-electron chi connectivity index (χ1n) is 6.55. The summed E-state index contributed by atoms with van der Waals surface area (Å²) < 4.78 is 2.49. The number of hydrogen-bond acceptors (Lipinski definition) is 4. The number of amides is 1. The lowest BCUT2D eigenvalue weighted by molar-refractivity contribution is 0.102. The molecule has 1 heterocycles. The smallest absolute Gasteiger partial charge is 0.255 e. The van der Waals surface area contributed by atoms with Crippen molar-refractivity contribution >= 4 is 27.5 Å². The molecule has 1 amide bonds. The molecule has 0 saturated heterocycles. The lowest BCUT2D eigenvalue weighted by atomic mass is 10.1. The second kappa shape index (κ2) is 6.07. The number of carbonyl (C=O) groups is 1. The van der Waals surface area contributed by atoms with E-state index in [9.17, 15) is 4.79 Å². The molecule has 0 spiro atoms. The highest BCUT2D eigenvalue weighted by Gasteiger charge is 2.11. The summed E-state index contributed by atoms with van der Waals surface area (Å²) >= 11 is 3.35. The van der Waals surface area contributed by atoms with Crippen molar-refractivity contribution in [2.45, 2.75) is 6.92 Å². The number of anilines is 1. The number of benzene rings is 2. The van der Waals surface area contributed by atoms with Gasteiger partial charge in [-0.05, 0) is 59.3 Å². The lowest BCUT2D eigenvalue weighted by Crippen LogP contribution is -2.13. The van der Waals surface area contributed by atoms with Crippen LogP contribution in [0.3, 0.4) is 0 Å². The Morgan fingerprint density at radius 1 is 1.18 bits per heavy atom. The Morgan fingerprint density at radius 3 is 2.64 bits per heavy atom. The minimum absolute atomic E-state index is 0.163. The maximum absolute atomic E-state index is 12.3. The van der Waals surface area contributed by atoms with Crippen molar-refractivity contribution in [3.05, 3.63) is 64.4 Å². The zero-order valence-electron chi connectivity index (χ0n) is 11.7. The Balaban J connectivity index is 1.88. The molecule has 0 aliphatic heterocycles. The number of aromatic nitrogens is 4. The zero-order valence-corrected chi connectivity index (χ0v) is 13.3. The lowest BCUT2D eigenvalue weighted by Gasteiger charge is -2.12. The van der Waals surface area contributed by atoms with E-state index in [0.29, 0.717) is 5.56 Å². The SMILES string of the molecule is Cc1c(NC(=O)c2ccc(Br)cc2)cccc1-n1cnnn1. The van der Waals surface area contributed by atoms with E-state index in [-0.39, 0.29) is 5.91 Å². The van der Waals surface area contributed by atoms with Crippen molar-refractivity contribution in [3.8, 4) is 5.69 Å². The van der Waals surface area contributed by atoms with E-state index >= 15 is 0 Å². The number of halogens is 1. The van der Waals surface area contributed by atoms with Crippen LogP contribution in [0.5, 0.6) is 0 Å². The van der Waals surface area contributed by atoms with Gasteiger partial charge in [0, 0.05) is 15.7 Å². The molecule has 3 aromatic rings. The Morgan fingerprint density at radius 2 is 1.95 bits per heavy atom. The third-order valence-corrected chi connectivity index (χ3v) is 3.78. The molecule has 0 fully saturated rings. The number of nitrogens with one attached hydrogen (secondary N) is 1. The summed E-state index contributed by atoms with van der Waals surface area (Å²) in [6.45, 7) is 1.91. The van der Waals surface area contributed by atoms with Crippen molar-refractivity contribution in [3.63, 3.8) is 0 Å². The molecule has 0 aliphatic rings. The van der Waals surface area contributed by atoms with Gasteiger partial charge in [0.05, 0.1) is 5.69 Å². The van der Waals surface area contributed by atoms with E-state index in [4.69, 9.17) is 0 Å². The fourth-order valence-electron chi connectivity index (χ4n) is 2.07. The Labute approximate surface area is 135 Å².